The molecule has 0 aliphatic rings. The lowest BCUT2D eigenvalue weighted by Gasteiger charge is -2.11. The summed E-state index contributed by atoms with van der Waals surface area (Å²) < 4.78 is 5.97. The molecule has 0 aromatic carbocycles. The van der Waals surface area contributed by atoms with E-state index in [1.165, 1.54) is 0 Å². The SMILES string of the molecule is CNc1nc(-c2ncccc2C)nc(COC)c1Br. The van der Waals surface area contributed by atoms with Gasteiger partial charge in [0.05, 0.1) is 16.8 Å². The molecule has 19 heavy (non-hydrogen) atoms. The third-order valence-electron chi connectivity index (χ3n) is 2.66. The van der Waals surface area contributed by atoms with Gasteiger partial charge in [-0.3, -0.25) is 4.98 Å². The number of rotatable bonds is 4. The summed E-state index contributed by atoms with van der Waals surface area (Å²) >= 11 is 3.48. The molecular formula is C13H15BrN4O. The molecular weight excluding hydrogens is 308 g/mol. The van der Waals surface area contributed by atoms with E-state index in [2.05, 4.69) is 36.2 Å². The molecule has 0 radical (unpaired) electrons. The van der Waals surface area contributed by atoms with Gasteiger partial charge in [0.25, 0.3) is 0 Å². The molecule has 0 unspecified atom stereocenters. The Morgan fingerprint density at radius 1 is 1.37 bits per heavy atom. The van der Waals surface area contributed by atoms with Crippen LogP contribution in [0.15, 0.2) is 22.8 Å². The highest BCUT2D eigenvalue weighted by Gasteiger charge is 2.14. The fourth-order valence-electron chi connectivity index (χ4n) is 1.72. The van der Waals surface area contributed by atoms with Crippen LogP contribution in [0.4, 0.5) is 5.82 Å². The largest absolute Gasteiger partial charge is 0.378 e. The van der Waals surface area contributed by atoms with Gasteiger partial charge in [-0.05, 0) is 34.5 Å². The van der Waals surface area contributed by atoms with Crippen LogP contribution in [0.1, 0.15) is 11.3 Å². The van der Waals surface area contributed by atoms with E-state index in [-0.39, 0.29) is 0 Å². The van der Waals surface area contributed by atoms with Crippen molar-refractivity contribution in [2.24, 2.45) is 0 Å². The maximum Gasteiger partial charge on any atom is 0.180 e. The molecule has 2 aromatic rings. The van der Waals surface area contributed by atoms with Gasteiger partial charge in [-0.2, -0.15) is 0 Å². The van der Waals surface area contributed by atoms with E-state index in [0.717, 1.165) is 27.2 Å². The maximum absolute atomic E-state index is 5.16. The summed E-state index contributed by atoms with van der Waals surface area (Å²) in [6, 6.07) is 3.88. The molecule has 0 fully saturated rings. The minimum absolute atomic E-state index is 0.413. The van der Waals surface area contributed by atoms with E-state index < -0.39 is 0 Å². The minimum atomic E-state index is 0.413. The van der Waals surface area contributed by atoms with Crippen molar-refractivity contribution in [2.45, 2.75) is 13.5 Å². The van der Waals surface area contributed by atoms with Gasteiger partial charge >= 0.3 is 0 Å². The Bertz CT molecular complexity index is 589. The molecule has 1 N–H and O–H groups in total. The first-order chi connectivity index (χ1) is 9.17. The lowest BCUT2D eigenvalue weighted by atomic mass is 10.2. The molecule has 2 heterocycles. The van der Waals surface area contributed by atoms with Crippen LogP contribution in [0, 0.1) is 6.92 Å². The van der Waals surface area contributed by atoms with Gasteiger partial charge in [-0.1, -0.05) is 6.07 Å². The Balaban J connectivity index is 2.58. The number of aromatic nitrogens is 3. The van der Waals surface area contributed by atoms with Gasteiger partial charge in [-0.25, -0.2) is 9.97 Å². The van der Waals surface area contributed by atoms with Gasteiger partial charge in [0.1, 0.15) is 11.5 Å². The number of pyridine rings is 1. The first kappa shape index (κ1) is 13.9. The average Bonchev–Trinajstić information content (AvgIpc) is 2.42. The summed E-state index contributed by atoms with van der Waals surface area (Å²) in [5, 5.41) is 3.04. The smallest absolute Gasteiger partial charge is 0.180 e. The molecule has 2 aromatic heterocycles. The van der Waals surface area contributed by atoms with Crippen molar-refractivity contribution in [2.75, 3.05) is 19.5 Å². The van der Waals surface area contributed by atoms with Crippen molar-refractivity contribution < 1.29 is 4.74 Å². The normalized spacial score (nSPS) is 10.5. The second kappa shape index (κ2) is 6.08. The monoisotopic (exact) mass is 322 g/mol. The van der Waals surface area contributed by atoms with Crippen molar-refractivity contribution in [1.82, 2.24) is 15.0 Å². The first-order valence-electron chi connectivity index (χ1n) is 5.82. The van der Waals surface area contributed by atoms with Crippen molar-refractivity contribution in [3.05, 3.63) is 34.1 Å². The zero-order valence-corrected chi connectivity index (χ0v) is 12.7. The number of anilines is 1. The van der Waals surface area contributed by atoms with E-state index in [0.29, 0.717) is 12.4 Å². The zero-order chi connectivity index (χ0) is 13.8. The minimum Gasteiger partial charge on any atom is -0.378 e. The number of nitrogens with zero attached hydrogens (tertiary/aromatic N) is 3. The van der Waals surface area contributed by atoms with Crippen molar-refractivity contribution in [1.29, 1.82) is 0 Å². The summed E-state index contributed by atoms with van der Waals surface area (Å²) in [4.78, 5) is 13.3. The van der Waals surface area contributed by atoms with Gasteiger partial charge in [-0.15, -0.1) is 0 Å². The third kappa shape index (κ3) is 2.90. The molecule has 0 bridgehead atoms. The number of halogens is 1. The Hall–Kier alpha value is -1.53. The molecule has 6 heteroatoms. The van der Waals surface area contributed by atoms with Gasteiger partial charge < -0.3 is 10.1 Å². The van der Waals surface area contributed by atoms with Crippen LogP contribution in [0.25, 0.3) is 11.5 Å². The molecule has 0 amide bonds. The highest BCUT2D eigenvalue weighted by atomic mass is 79.9. The lowest BCUT2D eigenvalue weighted by Crippen LogP contribution is -2.05. The molecule has 0 aliphatic heterocycles. The van der Waals surface area contributed by atoms with Crippen LogP contribution in [0.2, 0.25) is 0 Å². The second-order valence-corrected chi connectivity index (χ2v) is 4.80. The standard InChI is InChI=1S/C13H15BrN4O/c1-8-5-4-6-16-11(8)13-17-9(7-19-3)10(14)12(15-2)18-13/h4-6H,7H2,1-3H3,(H,15,17,18). The molecule has 0 aliphatic carbocycles. The van der Waals surface area contributed by atoms with Gasteiger partial charge in [0, 0.05) is 20.4 Å². The van der Waals surface area contributed by atoms with Crippen molar-refractivity contribution in [3.8, 4) is 11.5 Å². The third-order valence-corrected chi connectivity index (χ3v) is 3.49. The molecule has 2 rings (SSSR count). The van der Waals surface area contributed by atoms with Crippen LogP contribution in [0.3, 0.4) is 0 Å². The molecule has 0 saturated heterocycles. The number of nitrogens with one attached hydrogen (secondary N) is 1. The number of methoxy groups -OCH3 is 1. The van der Waals surface area contributed by atoms with Gasteiger partial charge in [0.2, 0.25) is 0 Å². The summed E-state index contributed by atoms with van der Waals surface area (Å²) in [5.74, 6) is 1.32. The molecule has 0 atom stereocenters. The van der Waals surface area contributed by atoms with Crippen molar-refractivity contribution in [3.63, 3.8) is 0 Å². The lowest BCUT2D eigenvalue weighted by molar-refractivity contribution is 0.181. The quantitative estimate of drug-likeness (QED) is 0.937. The number of ether oxygens (including phenoxy) is 1. The highest BCUT2D eigenvalue weighted by molar-refractivity contribution is 9.10. The van der Waals surface area contributed by atoms with E-state index in [9.17, 15) is 0 Å². The topological polar surface area (TPSA) is 59.9 Å². The van der Waals surface area contributed by atoms with Crippen LogP contribution in [-0.2, 0) is 11.3 Å². The Kier molecular flexibility index (Phi) is 4.44. The van der Waals surface area contributed by atoms with Crippen LogP contribution < -0.4 is 5.32 Å². The first-order valence-corrected chi connectivity index (χ1v) is 6.61. The van der Waals surface area contributed by atoms with E-state index in [4.69, 9.17) is 4.74 Å². The summed E-state index contributed by atoms with van der Waals surface area (Å²) in [6.07, 6.45) is 1.74. The predicted octanol–water partition coefficient (Wildman–Crippen LogP) is 2.80. The average molecular weight is 323 g/mol. The van der Waals surface area contributed by atoms with E-state index in [1.54, 1.807) is 13.3 Å². The molecule has 5 nitrogen and oxygen atoms in total. The van der Waals surface area contributed by atoms with E-state index in [1.807, 2.05) is 26.1 Å². The summed E-state index contributed by atoms with van der Waals surface area (Å²) in [7, 11) is 3.46. The summed E-state index contributed by atoms with van der Waals surface area (Å²) in [6.45, 7) is 2.40. The van der Waals surface area contributed by atoms with E-state index >= 15 is 0 Å². The predicted molar refractivity (Wildman–Crippen MR) is 78.0 cm³/mol. The van der Waals surface area contributed by atoms with Crippen LogP contribution in [0.5, 0.6) is 0 Å². The second-order valence-electron chi connectivity index (χ2n) is 4.01. The maximum atomic E-state index is 5.16. The number of hydrogen-bond donors (Lipinski definition) is 1. The fourth-order valence-corrected chi connectivity index (χ4v) is 2.21. The Morgan fingerprint density at radius 3 is 2.79 bits per heavy atom. The van der Waals surface area contributed by atoms with Crippen LogP contribution in [-0.4, -0.2) is 29.1 Å². The van der Waals surface area contributed by atoms with Gasteiger partial charge in [0.15, 0.2) is 5.82 Å². The number of aryl methyl sites for hydroxylation is 1. The highest BCUT2D eigenvalue weighted by Crippen LogP contribution is 2.27. The number of hydrogen-bond acceptors (Lipinski definition) is 5. The molecule has 0 spiro atoms. The Morgan fingerprint density at radius 2 is 2.16 bits per heavy atom. The molecule has 0 saturated carbocycles. The fraction of sp³-hybridized carbons (Fsp3) is 0.308. The van der Waals surface area contributed by atoms with Crippen molar-refractivity contribution >= 4 is 21.7 Å². The summed E-state index contributed by atoms with van der Waals surface area (Å²) in [5.41, 5.74) is 2.61. The Labute approximate surface area is 120 Å². The molecule has 100 valence electrons. The van der Waals surface area contributed by atoms with Crippen LogP contribution >= 0.6 is 15.9 Å². The zero-order valence-electron chi connectivity index (χ0n) is 11.1.